The van der Waals surface area contributed by atoms with Crippen molar-refractivity contribution in [1.29, 1.82) is 0 Å². The fourth-order valence-corrected chi connectivity index (χ4v) is 3.32. The molecule has 2 aliphatic rings. The van der Waals surface area contributed by atoms with E-state index in [1.807, 2.05) is 6.07 Å². The molecule has 3 heteroatoms. The molecule has 2 N–H and O–H groups in total. The summed E-state index contributed by atoms with van der Waals surface area (Å²) in [5.41, 5.74) is 8.45. The van der Waals surface area contributed by atoms with Crippen LogP contribution < -0.4 is 10.5 Å². The molecule has 0 aromatic carbocycles. The molecule has 0 bridgehead atoms. The number of aromatic nitrogens is 1. The summed E-state index contributed by atoms with van der Waals surface area (Å²) in [5.74, 6) is 2.09. The lowest BCUT2D eigenvalue weighted by Crippen LogP contribution is -2.23. The quantitative estimate of drug-likeness (QED) is 0.887. The Morgan fingerprint density at radius 3 is 2.94 bits per heavy atom. The number of rotatable bonds is 4. The molecule has 2 atom stereocenters. The zero-order valence-corrected chi connectivity index (χ0v) is 10.9. The Kier molecular flexibility index (Phi) is 3.50. The van der Waals surface area contributed by atoms with E-state index in [4.69, 9.17) is 10.5 Å². The molecule has 0 aliphatic heterocycles. The van der Waals surface area contributed by atoms with Gasteiger partial charge in [-0.15, -0.1) is 0 Å². The third-order valence-corrected chi connectivity index (χ3v) is 4.47. The van der Waals surface area contributed by atoms with E-state index >= 15 is 0 Å². The molecule has 0 amide bonds. The first-order chi connectivity index (χ1) is 8.86. The summed E-state index contributed by atoms with van der Waals surface area (Å²) in [6.45, 7) is 1.58. The van der Waals surface area contributed by atoms with Gasteiger partial charge in [0, 0.05) is 11.8 Å². The van der Waals surface area contributed by atoms with Gasteiger partial charge in [0.05, 0.1) is 6.61 Å². The smallest absolute Gasteiger partial charge is 0.213 e. The van der Waals surface area contributed by atoms with Crippen LogP contribution in [0.15, 0.2) is 12.1 Å². The van der Waals surface area contributed by atoms with Gasteiger partial charge in [-0.25, -0.2) is 4.98 Å². The van der Waals surface area contributed by atoms with Crippen molar-refractivity contribution in [2.24, 2.45) is 17.6 Å². The van der Waals surface area contributed by atoms with Crippen LogP contribution in [0.3, 0.4) is 0 Å². The summed E-state index contributed by atoms with van der Waals surface area (Å²) in [5, 5.41) is 0. The van der Waals surface area contributed by atoms with E-state index in [-0.39, 0.29) is 0 Å². The molecule has 3 rings (SSSR count). The number of pyridine rings is 1. The molecule has 1 aromatic rings. The molecule has 0 saturated heterocycles. The van der Waals surface area contributed by atoms with Crippen LogP contribution in [-0.4, -0.2) is 18.1 Å². The number of nitrogens with zero attached hydrogens (tertiary/aromatic N) is 1. The fraction of sp³-hybridized carbons (Fsp3) is 0.667. The van der Waals surface area contributed by atoms with Crippen LogP contribution in [0.25, 0.3) is 0 Å². The minimum absolute atomic E-state index is 0.630. The van der Waals surface area contributed by atoms with Crippen molar-refractivity contribution < 1.29 is 4.74 Å². The highest BCUT2D eigenvalue weighted by atomic mass is 16.5. The number of aryl methyl sites for hydroxylation is 2. The molecule has 1 heterocycles. The minimum atomic E-state index is 0.630. The molecule has 1 fully saturated rings. The highest BCUT2D eigenvalue weighted by Crippen LogP contribution is 2.31. The van der Waals surface area contributed by atoms with Gasteiger partial charge < -0.3 is 10.5 Å². The second kappa shape index (κ2) is 5.27. The predicted octanol–water partition coefficient (Wildman–Crippen LogP) is 2.32. The maximum atomic E-state index is 5.88. The average Bonchev–Trinajstić information content (AvgIpc) is 3.04. The van der Waals surface area contributed by atoms with E-state index in [2.05, 4.69) is 11.1 Å². The lowest BCUT2D eigenvalue weighted by Gasteiger charge is -2.18. The second-order valence-corrected chi connectivity index (χ2v) is 5.61. The van der Waals surface area contributed by atoms with Gasteiger partial charge in [0.1, 0.15) is 0 Å². The van der Waals surface area contributed by atoms with Crippen LogP contribution in [0.1, 0.15) is 36.9 Å². The average molecular weight is 246 g/mol. The third-order valence-electron chi connectivity index (χ3n) is 4.47. The standard InChI is InChI=1S/C15H22N2O/c16-9-12-4-1-5-13(12)10-18-15-8-7-11-3-2-6-14(11)17-15/h7-8,12-13H,1-6,9-10,16H2. The molecule has 18 heavy (non-hydrogen) atoms. The van der Waals surface area contributed by atoms with Crippen LogP contribution in [0.2, 0.25) is 0 Å². The highest BCUT2D eigenvalue weighted by Gasteiger charge is 2.26. The highest BCUT2D eigenvalue weighted by molar-refractivity contribution is 5.29. The summed E-state index contributed by atoms with van der Waals surface area (Å²) in [6.07, 6.45) is 7.36. The Morgan fingerprint density at radius 2 is 2.06 bits per heavy atom. The van der Waals surface area contributed by atoms with E-state index in [1.54, 1.807) is 0 Å². The van der Waals surface area contributed by atoms with Crippen LogP contribution in [0, 0.1) is 11.8 Å². The van der Waals surface area contributed by atoms with E-state index in [9.17, 15) is 0 Å². The van der Waals surface area contributed by atoms with Gasteiger partial charge in [-0.1, -0.05) is 12.5 Å². The first kappa shape index (κ1) is 12.0. The van der Waals surface area contributed by atoms with Crippen molar-refractivity contribution in [1.82, 2.24) is 4.98 Å². The maximum absolute atomic E-state index is 5.88. The van der Waals surface area contributed by atoms with Gasteiger partial charge in [0.25, 0.3) is 0 Å². The summed E-state index contributed by atoms with van der Waals surface area (Å²) < 4.78 is 5.88. The Balaban J connectivity index is 1.60. The lowest BCUT2D eigenvalue weighted by atomic mass is 9.97. The monoisotopic (exact) mass is 246 g/mol. The van der Waals surface area contributed by atoms with Crippen LogP contribution in [-0.2, 0) is 12.8 Å². The van der Waals surface area contributed by atoms with Crippen molar-refractivity contribution in [3.63, 3.8) is 0 Å². The first-order valence-corrected chi connectivity index (χ1v) is 7.18. The SMILES string of the molecule is NCC1CCCC1COc1ccc2c(n1)CCC2. The van der Waals surface area contributed by atoms with E-state index in [1.165, 1.54) is 43.4 Å². The molecule has 2 aliphatic carbocycles. The molecule has 1 aromatic heterocycles. The summed E-state index contributed by atoms with van der Waals surface area (Å²) in [4.78, 5) is 4.61. The zero-order valence-electron chi connectivity index (χ0n) is 10.9. The Hall–Kier alpha value is -1.09. The number of hydrogen-bond acceptors (Lipinski definition) is 3. The molecular formula is C15H22N2O. The Labute approximate surface area is 109 Å². The number of nitrogens with two attached hydrogens (primary N) is 1. The Morgan fingerprint density at radius 1 is 1.17 bits per heavy atom. The van der Waals surface area contributed by atoms with E-state index in [0.717, 1.165) is 25.5 Å². The molecule has 2 unspecified atom stereocenters. The number of fused-ring (bicyclic) bond motifs is 1. The number of ether oxygens (including phenoxy) is 1. The van der Waals surface area contributed by atoms with Crippen molar-refractivity contribution >= 4 is 0 Å². The molecule has 1 saturated carbocycles. The van der Waals surface area contributed by atoms with Gasteiger partial charge in [-0.05, 0) is 56.0 Å². The minimum Gasteiger partial charge on any atom is -0.477 e. The Bertz CT molecular complexity index is 419. The van der Waals surface area contributed by atoms with Gasteiger partial charge in [-0.2, -0.15) is 0 Å². The third kappa shape index (κ3) is 2.37. The van der Waals surface area contributed by atoms with E-state index in [0.29, 0.717) is 11.8 Å². The van der Waals surface area contributed by atoms with Gasteiger partial charge >= 0.3 is 0 Å². The van der Waals surface area contributed by atoms with E-state index < -0.39 is 0 Å². The summed E-state index contributed by atoms with van der Waals surface area (Å²) in [6, 6.07) is 4.20. The maximum Gasteiger partial charge on any atom is 0.213 e. The summed E-state index contributed by atoms with van der Waals surface area (Å²) >= 11 is 0. The normalized spacial score (nSPS) is 26.3. The molecule has 0 spiro atoms. The number of hydrogen-bond donors (Lipinski definition) is 1. The van der Waals surface area contributed by atoms with Gasteiger partial charge in [-0.3, -0.25) is 0 Å². The predicted molar refractivity (Wildman–Crippen MR) is 71.6 cm³/mol. The van der Waals surface area contributed by atoms with Crippen molar-refractivity contribution in [3.05, 3.63) is 23.4 Å². The van der Waals surface area contributed by atoms with Crippen LogP contribution in [0.5, 0.6) is 5.88 Å². The fourth-order valence-electron chi connectivity index (χ4n) is 3.32. The summed E-state index contributed by atoms with van der Waals surface area (Å²) in [7, 11) is 0. The second-order valence-electron chi connectivity index (χ2n) is 5.61. The zero-order chi connectivity index (χ0) is 12.4. The van der Waals surface area contributed by atoms with Crippen LogP contribution >= 0.6 is 0 Å². The largest absolute Gasteiger partial charge is 0.477 e. The molecule has 3 nitrogen and oxygen atoms in total. The van der Waals surface area contributed by atoms with Crippen molar-refractivity contribution in [2.45, 2.75) is 38.5 Å². The van der Waals surface area contributed by atoms with Crippen molar-refractivity contribution in [2.75, 3.05) is 13.2 Å². The molecule has 0 radical (unpaired) electrons. The van der Waals surface area contributed by atoms with Gasteiger partial charge in [0.15, 0.2) is 0 Å². The van der Waals surface area contributed by atoms with Gasteiger partial charge in [0.2, 0.25) is 5.88 Å². The van der Waals surface area contributed by atoms with Crippen LogP contribution in [0.4, 0.5) is 0 Å². The molecular weight excluding hydrogens is 224 g/mol. The van der Waals surface area contributed by atoms with Crippen molar-refractivity contribution in [3.8, 4) is 5.88 Å². The first-order valence-electron chi connectivity index (χ1n) is 7.18. The topological polar surface area (TPSA) is 48.1 Å². The lowest BCUT2D eigenvalue weighted by molar-refractivity contribution is 0.210. The molecule has 98 valence electrons.